The number of amides is 1. The van der Waals surface area contributed by atoms with Crippen molar-refractivity contribution in [2.75, 3.05) is 13.2 Å². The van der Waals surface area contributed by atoms with Gasteiger partial charge in [0.25, 0.3) is 5.91 Å². The maximum absolute atomic E-state index is 12.7. The van der Waals surface area contributed by atoms with Gasteiger partial charge in [-0.15, -0.1) is 0 Å². The van der Waals surface area contributed by atoms with Crippen LogP contribution in [-0.4, -0.2) is 41.1 Å². The molecule has 0 bridgehead atoms. The van der Waals surface area contributed by atoms with Crippen molar-refractivity contribution in [1.82, 2.24) is 4.90 Å². The highest BCUT2D eigenvalue weighted by Crippen LogP contribution is 2.37. The lowest BCUT2D eigenvalue weighted by Crippen LogP contribution is -2.42. The number of carboxylic acid groups (broad SMARTS) is 1. The van der Waals surface area contributed by atoms with Gasteiger partial charge in [-0.25, -0.2) is 4.79 Å². The SMILES string of the molecule is O=C(O)COc1cccc(C(=O)N2CCCC2C2CCC2)c1. The number of carbonyl (C=O) groups is 2. The number of ether oxygens (including phenoxy) is 1. The molecule has 1 aromatic rings. The Balaban J connectivity index is 1.71. The second-order valence-electron chi connectivity index (χ2n) is 6.11. The number of hydrogen-bond donors (Lipinski definition) is 1. The zero-order valence-electron chi connectivity index (χ0n) is 12.5. The maximum Gasteiger partial charge on any atom is 0.341 e. The van der Waals surface area contributed by atoms with Crippen LogP contribution in [0, 0.1) is 5.92 Å². The molecule has 22 heavy (non-hydrogen) atoms. The molecule has 5 nitrogen and oxygen atoms in total. The molecular formula is C17H21NO4. The first-order chi connectivity index (χ1) is 10.6. The standard InChI is InChI=1S/C17H21NO4/c19-16(20)11-22-14-7-2-6-13(10-14)17(21)18-9-3-8-15(18)12-4-1-5-12/h2,6-7,10,12,15H,1,3-5,8-9,11H2,(H,19,20). The van der Waals surface area contributed by atoms with E-state index >= 15 is 0 Å². The molecule has 1 saturated carbocycles. The molecule has 1 N–H and O–H groups in total. The highest BCUT2D eigenvalue weighted by Gasteiger charge is 2.37. The molecule has 1 unspecified atom stereocenters. The third kappa shape index (κ3) is 3.08. The molecule has 1 amide bonds. The predicted molar refractivity (Wildman–Crippen MR) is 81.0 cm³/mol. The predicted octanol–water partition coefficient (Wildman–Crippen LogP) is 2.55. The van der Waals surface area contributed by atoms with E-state index in [-0.39, 0.29) is 5.91 Å². The zero-order chi connectivity index (χ0) is 15.5. The summed E-state index contributed by atoms with van der Waals surface area (Å²) in [6, 6.07) is 7.20. The Bertz CT molecular complexity index is 568. The molecule has 1 aromatic carbocycles. The molecule has 0 spiro atoms. The monoisotopic (exact) mass is 303 g/mol. The number of aliphatic carboxylic acids is 1. The van der Waals surface area contributed by atoms with Crippen LogP contribution in [0.5, 0.6) is 5.75 Å². The van der Waals surface area contributed by atoms with E-state index in [4.69, 9.17) is 9.84 Å². The van der Waals surface area contributed by atoms with Gasteiger partial charge in [0.2, 0.25) is 0 Å². The van der Waals surface area contributed by atoms with Gasteiger partial charge < -0.3 is 14.7 Å². The average Bonchev–Trinajstić information content (AvgIpc) is 2.92. The fraction of sp³-hybridized carbons (Fsp3) is 0.529. The van der Waals surface area contributed by atoms with Crippen molar-refractivity contribution in [1.29, 1.82) is 0 Å². The highest BCUT2D eigenvalue weighted by molar-refractivity contribution is 5.95. The second-order valence-corrected chi connectivity index (χ2v) is 6.11. The Kier molecular flexibility index (Phi) is 4.32. The lowest BCUT2D eigenvalue weighted by molar-refractivity contribution is -0.139. The summed E-state index contributed by atoms with van der Waals surface area (Å²) >= 11 is 0. The minimum Gasteiger partial charge on any atom is -0.482 e. The lowest BCUT2D eigenvalue weighted by atomic mass is 9.78. The van der Waals surface area contributed by atoms with Gasteiger partial charge in [-0.1, -0.05) is 12.5 Å². The fourth-order valence-corrected chi connectivity index (χ4v) is 3.39. The van der Waals surface area contributed by atoms with Gasteiger partial charge in [0.05, 0.1) is 0 Å². The topological polar surface area (TPSA) is 66.8 Å². The van der Waals surface area contributed by atoms with Crippen molar-refractivity contribution in [3.05, 3.63) is 29.8 Å². The van der Waals surface area contributed by atoms with Crippen molar-refractivity contribution in [3.8, 4) is 5.75 Å². The Labute approximate surface area is 129 Å². The molecule has 5 heteroatoms. The van der Waals surface area contributed by atoms with Crippen molar-refractivity contribution in [2.45, 2.75) is 38.1 Å². The summed E-state index contributed by atoms with van der Waals surface area (Å²) in [7, 11) is 0. The van der Waals surface area contributed by atoms with E-state index in [1.54, 1.807) is 24.3 Å². The van der Waals surface area contributed by atoms with Crippen LogP contribution in [0.3, 0.4) is 0 Å². The van der Waals surface area contributed by atoms with Crippen molar-refractivity contribution in [3.63, 3.8) is 0 Å². The first-order valence-electron chi connectivity index (χ1n) is 7.91. The number of carbonyl (C=O) groups excluding carboxylic acids is 1. The van der Waals surface area contributed by atoms with Crippen LogP contribution in [0.25, 0.3) is 0 Å². The van der Waals surface area contributed by atoms with E-state index in [0.717, 1.165) is 19.4 Å². The molecule has 1 atom stereocenters. The molecule has 1 saturated heterocycles. The summed E-state index contributed by atoms with van der Waals surface area (Å²) in [4.78, 5) is 25.3. The molecular weight excluding hydrogens is 282 g/mol. The highest BCUT2D eigenvalue weighted by atomic mass is 16.5. The number of rotatable bonds is 5. The minimum absolute atomic E-state index is 0.0372. The summed E-state index contributed by atoms with van der Waals surface area (Å²) < 4.78 is 5.16. The molecule has 118 valence electrons. The van der Waals surface area contributed by atoms with Crippen LogP contribution < -0.4 is 4.74 Å². The zero-order valence-corrected chi connectivity index (χ0v) is 12.5. The van der Waals surface area contributed by atoms with Crippen LogP contribution in [0.15, 0.2) is 24.3 Å². The van der Waals surface area contributed by atoms with Crippen molar-refractivity contribution < 1.29 is 19.4 Å². The van der Waals surface area contributed by atoms with Gasteiger partial charge >= 0.3 is 5.97 Å². The van der Waals surface area contributed by atoms with Crippen molar-refractivity contribution in [2.24, 2.45) is 5.92 Å². The number of nitrogens with zero attached hydrogens (tertiary/aromatic N) is 1. The van der Waals surface area contributed by atoms with Gasteiger partial charge in [-0.3, -0.25) is 4.79 Å². The number of hydrogen-bond acceptors (Lipinski definition) is 3. The quantitative estimate of drug-likeness (QED) is 0.908. The van der Waals surface area contributed by atoms with Crippen LogP contribution in [0.1, 0.15) is 42.5 Å². The number of benzene rings is 1. The summed E-state index contributed by atoms with van der Waals surface area (Å²) in [5.41, 5.74) is 0.578. The van der Waals surface area contributed by atoms with E-state index in [1.165, 1.54) is 19.3 Å². The largest absolute Gasteiger partial charge is 0.482 e. The Morgan fingerprint density at radius 1 is 1.23 bits per heavy atom. The molecule has 2 aliphatic rings. The molecule has 1 aliphatic carbocycles. The van der Waals surface area contributed by atoms with Gasteiger partial charge in [0, 0.05) is 18.2 Å². The van der Waals surface area contributed by atoms with Crippen LogP contribution in [0.4, 0.5) is 0 Å². The smallest absolute Gasteiger partial charge is 0.341 e. The summed E-state index contributed by atoms with van der Waals surface area (Å²) in [5.74, 6) is 0.0991. The minimum atomic E-state index is -1.03. The first-order valence-corrected chi connectivity index (χ1v) is 7.91. The number of likely N-dealkylation sites (tertiary alicyclic amines) is 1. The Hall–Kier alpha value is -2.04. The summed E-state index contributed by atoms with van der Waals surface area (Å²) in [5, 5.41) is 8.66. The maximum atomic E-state index is 12.7. The van der Waals surface area contributed by atoms with Crippen LogP contribution in [0.2, 0.25) is 0 Å². The van der Waals surface area contributed by atoms with E-state index in [9.17, 15) is 9.59 Å². The molecule has 1 heterocycles. The number of carboxylic acids is 1. The molecule has 3 rings (SSSR count). The van der Waals surface area contributed by atoms with E-state index in [1.807, 2.05) is 4.90 Å². The van der Waals surface area contributed by atoms with E-state index in [0.29, 0.717) is 23.3 Å². The van der Waals surface area contributed by atoms with Crippen LogP contribution in [-0.2, 0) is 4.79 Å². The van der Waals surface area contributed by atoms with Crippen molar-refractivity contribution >= 4 is 11.9 Å². The van der Waals surface area contributed by atoms with Gasteiger partial charge in [0.15, 0.2) is 6.61 Å². The average molecular weight is 303 g/mol. The lowest BCUT2D eigenvalue weighted by Gasteiger charge is -2.37. The van der Waals surface area contributed by atoms with Gasteiger partial charge in [-0.2, -0.15) is 0 Å². The Morgan fingerprint density at radius 2 is 2.05 bits per heavy atom. The Morgan fingerprint density at radius 3 is 2.73 bits per heavy atom. The summed E-state index contributed by atoms with van der Waals surface area (Å²) in [6.45, 7) is 0.423. The van der Waals surface area contributed by atoms with E-state index in [2.05, 4.69) is 0 Å². The molecule has 1 aliphatic heterocycles. The van der Waals surface area contributed by atoms with E-state index < -0.39 is 12.6 Å². The first kappa shape index (κ1) is 14.9. The second kappa shape index (κ2) is 6.38. The normalized spacial score (nSPS) is 21.5. The fourth-order valence-electron chi connectivity index (χ4n) is 3.39. The van der Waals surface area contributed by atoms with Gasteiger partial charge in [-0.05, 0) is 49.8 Å². The van der Waals surface area contributed by atoms with Crippen LogP contribution >= 0.6 is 0 Å². The molecule has 2 fully saturated rings. The molecule has 0 radical (unpaired) electrons. The third-order valence-electron chi connectivity index (χ3n) is 4.70. The third-order valence-corrected chi connectivity index (χ3v) is 4.70. The van der Waals surface area contributed by atoms with Gasteiger partial charge in [0.1, 0.15) is 5.75 Å². The summed E-state index contributed by atoms with van der Waals surface area (Å²) in [6.07, 6.45) is 5.92. The molecule has 0 aromatic heterocycles.